The fourth-order valence-electron chi connectivity index (χ4n) is 4.31. The second-order valence-corrected chi connectivity index (χ2v) is 8.40. The Morgan fingerprint density at radius 2 is 1.18 bits per heavy atom. The van der Waals surface area contributed by atoms with Crippen molar-refractivity contribution in [2.45, 2.75) is 102 Å². The van der Waals surface area contributed by atoms with Crippen molar-refractivity contribution in [1.29, 1.82) is 0 Å². The lowest BCUT2D eigenvalue weighted by molar-refractivity contribution is 0.0934. The van der Waals surface area contributed by atoms with Gasteiger partial charge in [-0.25, -0.2) is 0 Å². The van der Waals surface area contributed by atoms with E-state index in [1.807, 2.05) is 0 Å². The Morgan fingerprint density at radius 3 is 1.61 bits per heavy atom. The highest BCUT2D eigenvalue weighted by molar-refractivity contribution is 8.93. The number of hydrogen-bond acceptors (Lipinski definition) is 2. The van der Waals surface area contributed by atoms with Gasteiger partial charge in [0.1, 0.15) is 0 Å². The third kappa shape index (κ3) is 10.4. The first-order valence-electron chi connectivity index (χ1n) is 11.5. The van der Waals surface area contributed by atoms with E-state index in [0.29, 0.717) is 0 Å². The van der Waals surface area contributed by atoms with Crippen LogP contribution in [0.1, 0.15) is 102 Å². The van der Waals surface area contributed by atoms with E-state index in [1.165, 1.54) is 82.6 Å². The quantitative estimate of drug-likeness (QED) is 0.245. The van der Waals surface area contributed by atoms with Crippen LogP contribution in [0.4, 0.5) is 0 Å². The average molecular weight is 457 g/mol. The molecule has 1 aromatic carbocycles. The van der Waals surface area contributed by atoms with E-state index in [-0.39, 0.29) is 29.1 Å². The van der Waals surface area contributed by atoms with Gasteiger partial charge in [0, 0.05) is 12.1 Å². The zero-order chi connectivity index (χ0) is 19.8. The van der Waals surface area contributed by atoms with Gasteiger partial charge in [-0.3, -0.25) is 4.90 Å². The molecule has 1 rings (SSSR count). The molecule has 0 aliphatic heterocycles. The van der Waals surface area contributed by atoms with Gasteiger partial charge in [-0.05, 0) is 32.5 Å². The van der Waals surface area contributed by atoms with E-state index < -0.39 is 0 Å². The molecule has 1 N–H and O–H groups in total. The second kappa shape index (κ2) is 17.5. The van der Waals surface area contributed by atoms with Gasteiger partial charge in [0.2, 0.25) is 0 Å². The van der Waals surface area contributed by atoms with Gasteiger partial charge in [-0.2, -0.15) is 0 Å². The summed E-state index contributed by atoms with van der Waals surface area (Å²) in [4.78, 5) is 2.32. The van der Waals surface area contributed by atoms with Crippen LogP contribution in [0.5, 0.6) is 0 Å². The summed E-state index contributed by atoms with van der Waals surface area (Å²) in [5.74, 6) is 0. The molecular formula is C25H46BrNO. The maximum atomic E-state index is 9.68. The van der Waals surface area contributed by atoms with Crippen LogP contribution in [0.2, 0.25) is 0 Å². The molecule has 0 saturated carbocycles. The van der Waals surface area contributed by atoms with Gasteiger partial charge in [0.15, 0.2) is 0 Å². The number of rotatable bonds is 17. The van der Waals surface area contributed by atoms with Crippen LogP contribution in [-0.4, -0.2) is 30.7 Å². The molecular weight excluding hydrogens is 410 g/mol. The number of aliphatic hydroxyl groups excluding tert-OH is 1. The van der Waals surface area contributed by atoms with Crippen molar-refractivity contribution >= 4 is 17.0 Å². The summed E-state index contributed by atoms with van der Waals surface area (Å²) in [5, 5.41) is 9.68. The molecule has 164 valence electrons. The van der Waals surface area contributed by atoms with Crippen molar-refractivity contribution in [2.75, 3.05) is 20.7 Å². The molecule has 1 atom stereocenters. The smallest absolute Gasteiger partial charge is 0.0476 e. The minimum atomic E-state index is -0.0332. The first-order valence-corrected chi connectivity index (χ1v) is 11.5. The molecule has 0 spiro atoms. The Morgan fingerprint density at radius 1 is 0.714 bits per heavy atom. The fraction of sp³-hybridized carbons (Fsp3) is 0.760. The monoisotopic (exact) mass is 455 g/mol. The van der Waals surface area contributed by atoms with Crippen molar-refractivity contribution in [1.82, 2.24) is 4.90 Å². The van der Waals surface area contributed by atoms with Crippen molar-refractivity contribution in [3.05, 3.63) is 35.9 Å². The molecule has 0 saturated heterocycles. The highest BCUT2D eigenvalue weighted by atomic mass is 79.9. The third-order valence-corrected chi connectivity index (χ3v) is 6.14. The van der Waals surface area contributed by atoms with Gasteiger partial charge in [0.05, 0.1) is 0 Å². The van der Waals surface area contributed by atoms with E-state index in [2.05, 4.69) is 56.3 Å². The van der Waals surface area contributed by atoms with Crippen LogP contribution in [-0.2, 0) is 5.54 Å². The number of aliphatic hydroxyl groups is 1. The standard InChI is InChI=1S/C25H45NO.BrH/c1-4-5-6-7-8-9-10-11-12-13-14-18-21-25(22-23-27,26(2)3)24-19-16-15-17-20-24;/h15-17,19-20,27H,4-14,18,21-23H2,1-3H3;1H. The van der Waals surface area contributed by atoms with Crippen LogP contribution in [0.15, 0.2) is 30.3 Å². The summed E-state index contributed by atoms with van der Waals surface area (Å²) in [6, 6.07) is 10.7. The number of hydrogen-bond donors (Lipinski definition) is 1. The molecule has 0 aliphatic carbocycles. The maximum absolute atomic E-state index is 9.68. The summed E-state index contributed by atoms with van der Waals surface area (Å²) >= 11 is 0. The molecule has 2 nitrogen and oxygen atoms in total. The maximum Gasteiger partial charge on any atom is 0.0476 e. The predicted octanol–water partition coefficient (Wildman–Crippen LogP) is 7.50. The highest BCUT2D eigenvalue weighted by Crippen LogP contribution is 2.35. The molecule has 28 heavy (non-hydrogen) atoms. The minimum absolute atomic E-state index is 0. The lowest BCUT2D eigenvalue weighted by Crippen LogP contribution is -2.42. The van der Waals surface area contributed by atoms with Crippen molar-refractivity contribution < 1.29 is 5.11 Å². The van der Waals surface area contributed by atoms with Crippen LogP contribution in [0, 0.1) is 0 Å². The highest BCUT2D eigenvalue weighted by Gasteiger charge is 2.33. The van der Waals surface area contributed by atoms with Gasteiger partial charge in [0.25, 0.3) is 0 Å². The van der Waals surface area contributed by atoms with Crippen LogP contribution in [0.3, 0.4) is 0 Å². The zero-order valence-electron chi connectivity index (χ0n) is 18.8. The van der Waals surface area contributed by atoms with Crippen LogP contribution < -0.4 is 0 Å². The summed E-state index contributed by atoms with van der Waals surface area (Å²) in [6.45, 7) is 2.53. The van der Waals surface area contributed by atoms with Crippen molar-refractivity contribution in [3.8, 4) is 0 Å². The predicted molar refractivity (Wildman–Crippen MR) is 130 cm³/mol. The number of benzene rings is 1. The Bertz CT molecular complexity index is 451. The second-order valence-electron chi connectivity index (χ2n) is 8.40. The molecule has 0 amide bonds. The molecule has 0 radical (unpaired) electrons. The molecule has 0 aliphatic rings. The third-order valence-electron chi connectivity index (χ3n) is 6.14. The van der Waals surface area contributed by atoms with Crippen LogP contribution >= 0.6 is 17.0 Å². The topological polar surface area (TPSA) is 23.5 Å². The summed E-state index contributed by atoms with van der Waals surface area (Å²) in [6.07, 6.45) is 18.5. The number of unbranched alkanes of at least 4 members (excludes halogenated alkanes) is 11. The zero-order valence-corrected chi connectivity index (χ0v) is 20.5. The van der Waals surface area contributed by atoms with Gasteiger partial charge in [-0.15, -0.1) is 17.0 Å². The Hall–Kier alpha value is -0.380. The molecule has 3 heteroatoms. The van der Waals surface area contributed by atoms with Crippen molar-refractivity contribution in [2.24, 2.45) is 0 Å². The largest absolute Gasteiger partial charge is 0.396 e. The Labute approximate surface area is 185 Å². The summed E-state index contributed by atoms with van der Waals surface area (Å²) < 4.78 is 0. The first kappa shape index (κ1) is 27.6. The Balaban J connectivity index is 0.00000729. The van der Waals surface area contributed by atoms with E-state index in [9.17, 15) is 5.11 Å². The first-order chi connectivity index (χ1) is 13.2. The van der Waals surface area contributed by atoms with E-state index in [1.54, 1.807) is 0 Å². The van der Waals surface area contributed by atoms with Gasteiger partial charge >= 0.3 is 0 Å². The Kier molecular flexibility index (Phi) is 17.2. The molecule has 0 aromatic heterocycles. The van der Waals surface area contributed by atoms with Crippen molar-refractivity contribution in [3.63, 3.8) is 0 Å². The molecule has 0 fully saturated rings. The normalized spacial score (nSPS) is 13.3. The minimum Gasteiger partial charge on any atom is -0.396 e. The lowest BCUT2D eigenvalue weighted by atomic mass is 9.81. The van der Waals surface area contributed by atoms with Crippen LogP contribution in [0.25, 0.3) is 0 Å². The van der Waals surface area contributed by atoms with E-state index in [0.717, 1.165) is 12.8 Å². The summed E-state index contributed by atoms with van der Waals surface area (Å²) in [5.41, 5.74) is 1.31. The van der Waals surface area contributed by atoms with E-state index >= 15 is 0 Å². The lowest BCUT2D eigenvalue weighted by Gasteiger charge is -2.40. The SMILES string of the molecule is Br.CCCCCCCCCCCCCCC(CCO)(c1ccccc1)N(C)C. The number of nitrogens with zero attached hydrogens (tertiary/aromatic N) is 1. The molecule has 0 bridgehead atoms. The fourth-order valence-corrected chi connectivity index (χ4v) is 4.31. The molecule has 1 aromatic rings. The van der Waals surface area contributed by atoms with Gasteiger partial charge in [-0.1, -0.05) is 114 Å². The summed E-state index contributed by atoms with van der Waals surface area (Å²) in [7, 11) is 4.31. The number of halogens is 1. The van der Waals surface area contributed by atoms with Gasteiger partial charge < -0.3 is 5.11 Å². The molecule has 0 heterocycles. The van der Waals surface area contributed by atoms with E-state index in [4.69, 9.17) is 0 Å². The molecule has 1 unspecified atom stereocenters. The average Bonchev–Trinajstić information content (AvgIpc) is 2.68.